The molecule has 0 radical (unpaired) electrons. The van der Waals surface area contributed by atoms with Crippen molar-refractivity contribution in [1.29, 1.82) is 0 Å². The molecule has 16 atom stereocenters. The predicted molar refractivity (Wildman–Crippen MR) is 234 cm³/mol. The van der Waals surface area contributed by atoms with E-state index in [1.54, 1.807) is 5.56 Å². The van der Waals surface area contributed by atoms with Crippen molar-refractivity contribution < 1.29 is 0 Å². The molecule has 2 saturated carbocycles. The summed E-state index contributed by atoms with van der Waals surface area (Å²) in [5.74, 6) is 9.23. The number of piperidine rings is 4. The Morgan fingerprint density at radius 3 is 1.97 bits per heavy atom. The molecule has 16 unspecified atom stereocenters. The molecule has 6 aliphatic heterocycles. The van der Waals surface area contributed by atoms with E-state index in [1.165, 1.54) is 175 Å². The van der Waals surface area contributed by atoms with Gasteiger partial charge in [-0.15, -0.1) is 0 Å². The second-order valence-corrected chi connectivity index (χ2v) is 21.6. The van der Waals surface area contributed by atoms with Crippen LogP contribution in [0.3, 0.4) is 0 Å². The summed E-state index contributed by atoms with van der Waals surface area (Å²) in [6.45, 7) is 7.04. The van der Waals surface area contributed by atoms with E-state index >= 15 is 0 Å². The van der Waals surface area contributed by atoms with Gasteiger partial charge in [-0.05, 0) is 185 Å². The van der Waals surface area contributed by atoms with Crippen molar-refractivity contribution in [3.05, 3.63) is 45.8 Å². The highest BCUT2D eigenvalue weighted by Gasteiger charge is 2.56. The van der Waals surface area contributed by atoms with Crippen molar-refractivity contribution in [2.24, 2.45) is 53.3 Å². The highest BCUT2D eigenvalue weighted by Crippen LogP contribution is 2.56. The summed E-state index contributed by atoms with van der Waals surface area (Å²) in [5.41, 5.74) is 8.85. The summed E-state index contributed by atoms with van der Waals surface area (Å²) >= 11 is 0. The van der Waals surface area contributed by atoms with Gasteiger partial charge in [-0.2, -0.15) is 0 Å². The minimum Gasteiger partial charge on any atom is -0.370 e. The Hall–Kier alpha value is -2.26. The van der Waals surface area contributed by atoms with E-state index in [0.29, 0.717) is 60.2 Å². The summed E-state index contributed by atoms with van der Waals surface area (Å²) < 4.78 is 0. The molecule has 0 aromatic carbocycles. The zero-order valence-electron chi connectivity index (χ0n) is 35.8. The number of hydrogen-bond donors (Lipinski definition) is 6. The van der Waals surface area contributed by atoms with E-state index in [0.717, 1.165) is 42.1 Å². The molecule has 0 amide bonds. The maximum atomic E-state index is 5.87. The van der Waals surface area contributed by atoms with E-state index in [4.69, 9.17) is 9.97 Å². The second-order valence-electron chi connectivity index (χ2n) is 21.6. The van der Waals surface area contributed by atoms with Crippen molar-refractivity contribution in [2.75, 3.05) is 23.7 Å². The molecule has 8 nitrogen and oxygen atoms in total. The van der Waals surface area contributed by atoms with Crippen LogP contribution in [0.2, 0.25) is 0 Å². The number of fused-ring (bicyclic) bond motifs is 15. The third-order valence-corrected chi connectivity index (χ3v) is 18.8. The Kier molecular flexibility index (Phi) is 9.87. The number of rotatable bonds is 6. The molecule has 0 spiro atoms. The van der Waals surface area contributed by atoms with Crippen molar-refractivity contribution in [1.82, 2.24) is 31.2 Å². The standard InChI is InChI=1S/C50H74N8/c1-3-5-11-34-36-17-13-27-23-31-9-7-21-51-48(31)55-40(27)44(36)53-46-38(34)19-15-29-25-33-26-30-16-20-39-35(12-6-4-2)37-18-14-28-24-32-10-8-22-52-49(32)56-41(28)45(37)54-47(39)43(30)58-50(33)57-42(29)46/h23,26,28-29,32,34-39,41-42,44-47,49,52-54,56H,3-22,24-25H2,1-2H3,(H,51,55)(H,57,58). The molecule has 58 heavy (non-hydrogen) atoms. The van der Waals surface area contributed by atoms with Crippen LogP contribution in [0.15, 0.2) is 12.1 Å². The van der Waals surface area contributed by atoms with Crippen molar-refractivity contribution in [3.8, 4) is 0 Å². The smallest absolute Gasteiger partial charge is 0.129 e. The fourth-order valence-electron chi connectivity index (χ4n) is 16.2. The van der Waals surface area contributed by atoms with Gasteiger partial charge in [0.15, 0.2) is 0 Å². The lowest BCUT2D eigenvalue weighted by molar-refractivity contribution is -0.0315. The van der Waals surface area contributed by atoms with Crippen LogP contribution < -0.4 is 31.9 Å². The molecule has 314 valence electrons. The number of nitrogens with zero attached hydrogens (tertiary/aromatic N) is 2. The van der Waals surface area contributed by atoms with Crippen LogP contribution >= 0.6 is 0 Å². The van der Waals surface area contributed by atoms with E-state index in [9.17, 15) is 0 Å². The summed E-state index contributed by atoms with van der Waals surface area (Å²) in [6.07, 6.45) is 27.0. The molecule has 10 aliphatic rings. The van der Waals surface area contributed by atoms with E-state index < -0.39 is 0 Å². The topological polar surface area (TPSA) is 98.0 Å². The molecule has 6 N–H and O–H groups in total. The predicted octanol–water partition coefficient (Wildman–Crippen LogP) is 8.37. The van der Waals surface area contributed by atoms with E-state index in [2.05, 4.69) is 57.9 Å². The first-order chi connectivity index (χ1) is 28.6. The lowest BCUT2D eigenvalue weighted by Crippen LogP contribution is -2.71. The highest BCUT2D eigenvalue weighted by molar-refractivity contribution is 5.54. The number of pyridine rings is 2. The monoisotopic (exact) mass is 787 g/mol. The molecule has 4 saturated heterocycles. The third-order valence-electron chi connectivity index (χ3n) is 18.8. The number of aromatic nitrogens is 2. The fourth-order valence-corrected chi connectivity index (χ4v) is 16.2. The zero-order valence-corrected chi connectivity index (χ0v) is 35.8. The van der Waals surface area contributed by atoms with Gasteiger partial charge in [0.25, 0.3) is 0 Å². The molecule has 8 heterocycles. The second kappa shape index (κ2) is 15.3. The first-order valence-corrected chi connectivity index (χ1v) is 25.2. The van der Waals surface area contributed by atoms with Gasteiger partial charge >= 0.3 is 0 Å². The largest absolute Gasteiger partial charge is 0.370 e. The Bertz CT molecular complexity index is 1850. The average molecular weight is 787 g/mol. The van der Waals surface area contributed by atoms with Gasteiger partial charge in [0.2, 0.25) is 0 Å². The number of unbranched alkanes of at least 4 members (excludes halogenated alkanes) is 2. The van der Waals surface area contributed by atoms with Crippen molar-refractivity contribution >= 4 is 11.6 Å². The first-order valence-electron chi connectivity index (χ1n) is 25.2. The van der Waals surface area contributed by atoms with Gasteiger partial charge < -0.3 is 26.6 Å². The molecule has 6 fully saturated rings. The lowest BCUT2D eigenvalue weighted by atomic mass is 9.57. The van der Waals surface area contributed by atoms with Gasteiger partial charge in [0.05, 0.1) is 29.6 Å². The molecule has 12 rings (SSSR count). The Labute approximate surface area is 349 Å². The summed E-state index contributed by atoms with van der Waals surface area (Å²) in [6, 6.07) is 7.99. The van der Waals surface area contributed by atoms with Crippen molar-refractivity contribution in [2.45, 2.75) is 185 Å². The zero-order chi connectivity index (χ0) is 38.5. The third kappa shape index (κ3) is 6.16. The molecular weight excluding hydrogens is 713 g/mol. The normalized spacial score (nSPS) is 43.0. The van der Waals surface area contributed by atoms with Crippen LogP contribution in [0, 0.1) is 53.3 Å². The number of nitrogens with one attached hydrogen (secondary N) is 6. The van der Waals surface area contributed by atoms with Crippen LogP contribution in [0.4, 0.5) is 11.6 Å². The van der Waals surface area contributed by atoms with Crippen LogP contribution in [-0.4, -0.2) is 53.4 Å². The maximum Gasteiger partial charge on any atom is 0.129 e. The van der Waals surface area contributed by atoms with E-state index in [-0.39, 0.29) is 0 Å². The quantitative estimate of drug-likeness (QED) is 0.174. The molecule has 2 aromatic rings. The van der Waals surface area contributed by atoms with Crippen LogP contribution in [-0.2, 0) is 25.7 Å². The lowest BCUT2D eigenvalue weighted by Gasteiger charge is -2.59. The Morgan fingerprint density at radius 2 is 1.24 bits per heavy atom. The number of aryl methyl sites for hydroxylation is 3. The minimum absolute atomic E-state index is 0.367. The maximum absolute atomic E-state index is 5.87. The van der Waals surface area contributed by atoms with E-state index in [1.807, 2.05) is 0 Å². The van der Waals surface area contributed by atoms with Gasteiger partial charge in [-0.25, -0.2) is 9.97 Å². The van der Waals surface area contributed by atoms with Gasteiger partial charge in [-0.1, -0.05) is 51.7 Å². The molecule has 2 aromatic heterocycles. The summed E-state index contributed by atoms with van der Waals surface area (Å²) in [7, 11) is 0. The Balaban J connectivity index is 0.858. The molecule has 0 bridgehead atoms. The summed E-state index contributed by atoms with van der Waals surface area (Å²) in [5, 5.41) is 25.2. The minimum atomic E-state index is 0.367. The van der Waals surface area contributed by atoms with Crippen LogP contribution in [0.5, 0.6) is 0 Å². The Morgan fingerprint density at radius 1 is 0.569 bits per heavy atom. The SMILES string of the molecule is CCCCC1C2CCc3cc4c(nc3C2NC2C1CCC1Cc3cc5c(nc3NC12)C1NC2C(CCC3CC6CCCNC6NC32)C(CCCC)C1CC5)NCCC4. The van der Waals surface area contributed by atoms with Gasteiger partial charge in [0.1, 0.15) is 11.6 Å². The number of hydrogen-bond acceptors (Lipinski definition) is 8. The molecule has 8 heteroatoms. The summed E-state index contributed by atoms with van der Waals surface area (Å²) in [4.78, 5) is 11.4. The van der Waals surface area contributed by atoms with Crippen molar-refractivity contribution in [3.63, 3.8) is 0 Å². The molecular formula is C50H74N8. The van der Waals surface area contributed by atoms with Gasteiger partial charge in [0, 0.05) is 30.7 Å². The highest BCUT2D eigenvalue weighted by atomic mass is 15.2. The van der Waals surface area contributed by atoms with Crippen LogP contribution in [0.25, 0.3) is 0 Å². The fraction of sp³-hybridized carbons (Fsp3) is 0.800. The molecule has 4 aliphatic carbocycles. The van der Waals surface area contributed by atoms with Crippen LogP contribution in [0.1, 0.15) is 162 Å². The van der Waals surface area contributed by atoms with Gasteiger partial charge in [-0.3, -0.25) is 5.32 Å². The number of anilines is 2. The first kappa shape index (κ1) is 37.5. The average Bonchev–Trinajstić information content (AvgIpc) is 3.26.